The maximum absolute atomic E-state index is 12.7. The molecule has 9 heteroatoms. The molecule has 1 aromatic heterocycles. The summed E-state index contributed by atoms with van der Waals surface area (Å²) in [5.41, 5.74) is 2.47. The van der Waals surface area contributed by atoms with E-state index in [4.69, 9.17) is 0 Å². The second kappa shape index (κ2) is 8.75. The minimum atomic E-state index is -3.28. The van der Waals surface area contributed by atoms with Crippen LogP contribution in [-0.4, -0.2) is 55.8 Å². The number of aromatic amines is 1. The third-order valence-corrected chi connectivity index (χ3v) is 6.60. The summed E-state index contributed by atoms with van der Waals surface area (Å²) >= 11 is 0. The number of aromatic nitrogens is 2. The maximum Gasteiger partial charge on any atom is 0.228 e. The van der Waals surface area contributed by atoms with Crippen LogP contribution in [0.15, 0.2) is 47.4 Å². The highest BCUT2D eigenvalue weighted by Gasteiger charge is 2.24. The number of benzene rings is 2. The van der Waals surface area contributed by atoms with E-state index in [1.807, 2.05) is 24.3 Å². The lowest BCUT2D eigenvalue weighted by atomic mass is 9.96. The van der Waals surface area contributed by atoms with E-state index < -0.39 is 9.84 Å². The summed E-state index contributed by atoms with van der Waals surface area (Å²) in [6, 6.07) is 12.6. The molecule has 0 atom stereocenters. The van der Waals surface area contributed by atoms with E-state index in [1.165, 1.54) is 6.26 Å². The number of halogens is 1. The van der Waals surface area contributed by atoms with Gasteiger partial charge < -0.3 is 10.2 Å². The van der Waals surface area contributed by atoms with Gasteiger partial charge in [0.1, 0.15) is 0 Å². The monoisotopic (exact) mass is 448 g/mol. The van der Waals surface area contributed by atoms with Gasteiger partial charge in [-0.2, -0.15) is 5.10 Å². The Morgan fingerprint density at radius 2 is 1.83 bits per heavy atom. The Hall–Kier alpha value is -2.42. The van der Waals surface area contributed by atoms with Crippen molar-refractivity contribution in [2.45, 2.75) is 17.7 Å². The number of hydrogen-bond donors (Lipinski definition) is 2. The van der Waals surface area contributed by atoms with Crippen LogP contribution in [0.1, 0.15) is 12.8 Å². The lowest BCUT2D eigenvalue weighted by Crippen LogP contribution is -2.36. The molecule has 2 N–H and O–H groups in total. The van der Waals surface area contributed by atoms with Crippen molar-refractivity contribution in [3.05, 3.63) is 42.5 Å². The third kappa shape index (κ3) is 4.66. The van der Waals surface area contributed by atoms with E-state index in [-0.39, 0.29) is 29.1 Å². The molecule has 0 spiro atoms. The average molecular weight is 449 g/mol. The van der Waals surface area contributed by atoms with E-state index >= 15 is 0 Å². The number of piperidine rings is 1. The van der Waals surface area contributed by atoms with Gasteiger partial charge in [0.15, 0.2) is 15.7 Å². The molecule has 1 aliphatic heterocycles. The van der Waals surface area contributed by atoms with Crippen LogP contribution in [0.2, 0.25) is 0 Å². The Morgan fingerprint density at radius 1 is 1.13 bits per heavy atom. The maximum atomic E-state index is 12.7. The lowest BCUT2D eigenvalue weighted by Gasteiger charge is -2.27. The van der Waals surface area contributed by atoms with Gasteiger partial charge in [-0.05, 0) is 68.4 Å². The number of sulfone groups is 1. The van der Waals surface area contributed by atoms with Crippen molar-refractivity contribution in [1.82, 2.24) is 15.1 Å². The van der Waals surface area contributed by atoms with Gasteiger partial charge >= 0.3 is 0 Å². The van der Waals surface area contributed by atoms with Crippen molar-refractivity contribution in [2.75, 3.05) is 31.7 Å². The molecule has 0 aliphatic carbocycles. The van der Waals surface area contributed by atoms with Crippen molar-refractivity contribution >= 4 is 44.9 Å². The summed E-state index contributed by atoms with van der Waals surface area (Å²) in [7, 11) is -1.22. The molecule has 0 saturated carbocycles. The highest BCUT2D eigenvalue weighted by molar-refractivity contribution is 7.90. The number of nitrogens with one attached hydrogen (secondary N) is 2. The minimum Gasteiger partial charge on any atom is -0.308 e. The number of nitrogens with zero attached hydrogens (tertiary/aromatic N) is 2. The van der Waals surface area contributed by atoms with E-state index in [9.17, 15) is 13.2 Å². The number of rotatable bonds is 4. The summed E-state index contributed by atoms with van der Waals surface area (Å²) in [6.07, 6.45) is 2.88. The molecule has 1 fully saturated rings. The van der Waals surface area contributed by atoms with Crippen LogP contribution in [0, 0.1) is 5.92 Å². The molecular weight excluding hydrogens is 424 g/mol. The Labute approximate surface area is 182 Å². The highest BCUT2D eigenvalue weighted by atomic mass is 35.5. The van der Waals surface area contributed by atoms with Crippen LogP contribution in [-0.2, 0) is 14.6 Å². The second-order valence-corrected chi connectivity index (χ2v) is 9.72. The van der Waals surface area contributed by atoms with E-state index in [2.05, 4.69) is 27.5 Å². The molecule has 160 valence electrons. The van der Waals surface area contributed by atoms with Crippen molar-refractivity contribution in [3.8, 4) is 11.1 Å². The van der Waals surface area contributed by atoms with E-state index in [1.54, 1.807) is 18.2 Å². The predicted molar refractivity (Wildman–Crippen MR) is 121 cm³/mol. The Kier molecular flexibility index (Phi) is 6.50. The molecule has 2 aromatic carbocycles. The zero-order valence-corrected chi connectivity index (χ0v) is 18.5. The fourth-order valence-electron chi connectivity index (χ4n) is 3.68. The number of fused-ring (bicyclic) bond motifs is 1. The van der Waals surface area contributed by atoms with Crippen molar-refractivity contribution < 1.29 is 13.2 Å². The number of anilines is 1. The first-order valence-electron chi connectivity index (χ1n) is 9.59. The van der Waals surface area contributed by atoms with Gasteiger partial charge in [-0.25, -0.2) is 8.42 Å². The predicted octanol–water partition coefficient (Wildman–Crippen LogP) is 3.34. The number of H-pyrrole nitrogens is 1. The second-order valence-electron chi connectivity index (χ2n) is 7.70. The number of carbonyl (C=O) groups is 1. The average Bonchev–Trinajstić information content (AvgIpc) is 3.10. The molecule has 1 amide bonds. The molecule has 0 unspecified atom stereocenters. The fraction of sp³-hybridized carbons (Fsp3) is 0.333. The van der Waals surface area contributed by atoms with Gasteiger partial charge in [-0.3, -0.25) is 9.89 Å². The van der Waals surface area contributed by atoms with E-state index in [0.717, 1.165) is 48.0 Å². The standard InChI is InChI=1S/C21H24N4O3S.ClH/c1-25-10-8-14(9-11-25)21(26)22-20-18-13-16(6-7-19(18)23-24-20)15-4-3-5-17(12-15)29(2,27)28;/h3-7,12-14H,8-11H2,1-2H3,(H2,22,23,24,26);1H. The molecule has 4 rings (SSSR count). The molecule has 7 nitrogen and oxygen atoms in total. The minimum absolute atomic E-state index is 0. The number of amides is 1. The summed E-state index contributed by atoms with van der Waals surface area (Å²) in [5, 5.41) is 11.0. The van der Waals surface area contributed by atoms with Crippen LogP contribution in [0.3, 0.4) is 0 Å². The summed E-state index contributed by atoms with van der Waals surface area (Å²) < 4.78 is 23.7. The largest absolute Gasteiger partial charge is 0.308 e. The SMILES string of the molecule is CN1CCC(C(=O)Nc2n[nH]c3ccc(-c4cccc(S(C)(=O)=O)c4)cc23)CC1.Cl. The smallest absolute Gasteiger partial charge is 0.228 e. The van der Waals surface area contributed by atoms with Gasteiger partial charge in [-0.15, -0.1) is 12.4 Å². The number of likely N-dealkylation sites (tertiary alicyclic amines) is 1. The zero-order valence-electron chi connectivity index (χ0n) is 16.9. The van der Waals surface area contributed by atoms with Gasteiger partial charge in [-0.1, -0.05) is 18.2 Å². The summed E-state index contributed by atoms with van der Waals surface area (Å²) in [5.74, 6) is 0.494. The molecule has 1 saturated heterocycles. The number of carbonyl (C=O) groups excluding carboxylic acids is 1. The van der Waals surface area contributed by atoms with Gasteiger partial charge in [0.05, 0.1) is 10.4 Å². The third-order valence-electron chi connectivity index (χ3n) is 5.49. The number of hydrogen-bond acceptors (Lipinski definition) is 5. The van der Waals surface area contributed by atoms with Crippen LogP contribution in [0.5, 0.6) is 0 Å². The van der Waals surface area contributed by atoms with Gasteiger partial charge in [0.2, 0.25) is 5.91 Å². The van der Waals surface area contributed by atoms with E-state index in [0.29, 0.717) is 5.82 Å². The summed E-state index contributed by atoms with van der Waals surface area (Å²) in [4.78, 5) is 15.2. The zero-order chi connectivity index (χ0) is 20.6. The molecule has 1 aliphatic rings. The van der Waals surface area contributed by atoms with Crippen molar-refractivity contribution in [1.29, 1.82) is 0 Å². The lowest BCUT2D eigenvalue weighted by molar-refractivity contribution is -0.121. The Morgan fingerprint density at radius 3 is 2.53 bits per heavy atom. The van der Waals surface area contributed by atoms with Crippen LogP contribution in [0.4, 0.5) is 5.82 Å². The van der Waals surface area contributed by atoms with Crippen molar-refractivity contribution in [3.63, 3.8) is 0 Å². The topological polar surface area (TPSA) is 95.2 Å². The first-order chi connectivity index (χ1) is 13.8. The fourth-order valence-corrected chi connectivity index (χ4v) is 4.35. The first kappa shape index (κ1) is 22.3. The Balaban J connectivity index is 0.00000256. The molecule has 0 bridgehead atoms. The van der Waals surface area contributed by atoms with Gasteiger partial charge in [0.25, 0.3) is 0 Å². The van der Waals surface area contributed by atoms with Crippen LogP contribution in [0.25, 0.3) is 22.0 Å². The molecule has 0 radical (unpaired) electrons. The quantitative estimate of drug-likeness (QED) is 0.638. The normalized spacial score (nSPS) is 15.7. The van der Waals surface area contributed by atoms with Crippen LogP contribution >= 0.6 is 12.4 Å². The van der Waals surface area contributed by atoms with Gasteiger partial charge in [0, 0.05) is 17.6 Å². The molecule has 3 aromatic rings. The van der Waals surface area contributed by atoms with Crippen LogP contribution < -0.4 is 5.32 Å². The molecular formula is C21H25ClN4O3S. The highest BCUT2D eigenvalue weighted by Crippen LogP contribution is 2.29. The first-order valence-corrected chi connectivity index (χ1v) is 11.5. The Bertz CT molecular complexity index is 1170. The summed E-state index contributed by atoms with van der Waals surface area (Å²) in [6.45, 7) is 1.83. The molecule has 30 heavy (non-hydrogen) atoms. The van der Waals surface area contributed by atoms with Crippen molar-refractivity contribution in [2.24, 2.45) is 5.92 Å². The molecule has 2 heterocycles.